The van der Waals surface area contributed by atoms with Gasteiger partial charge in [-0.2, -0.15) is 0 Å². The number of amides is 1. The van der Waals surface area contributed by atoms with Gasteiger partial charge in [0.2, 0.25) is 0 Å². The molecule has 0 atom stereocenters. The Labute approximate surface area is 113 Å². The molecule has 0 radical (unpaired) electrons. The van der Waals surface area contributed by atoms with Crippen LogP contribution in [0.15, 0.2) is 18.2 Å². The van der Waals surface area contributed by atoms with Crippen LogP contribution in [0.3, 0.4) is 0 Å². The smallest absolute Gasteiger partial charge is 0.260 e. The number of nitrogens with zero attached hydrogens (tertiary/aromatic N) is 1. The third kappa shape index (κ3) is 3.89. The van der Waals surface area contributed by atoms with Gasteiger partial charge < -0.3 is 15.4 Å². The minimum absolute atomic E-state index is 0.00895. The van der Waals surface area contributed by atoms with Crippen LogP contribution in [0.2, 0.25) is 5.02 Å². The molecule has 0 unspecified atom stereocenters. The predicted octanol–water partition coefficient (Wildman–Crippen LogP) is 2.05. The molecule has 0 spiro atoms. The van der Waals surface area contributed by atoms with Crippen LogP contribution in [0.1, 0.15) is 19.4 Å². The highest BCUT2D eigenvalue weighted by Gasteiger charge is 2.11. The summed E-state index contributed by atoms with van der Waals surface area (Å²) < 4.78 is 5.50. The Morgan fingerprint density at radius 2 is 2.06 bits per heavy atom. The van der Waals surface area contributed by atoms with E-state index in [0.717, 1.165) is 5.56 Å². The van der Waals surface area contributed by atoms with Gasteiger partial charge in [-0.15, -0.1) is 0 Å². The first-order valence-electron chi connectivity index (χ1n) is 6.01. The molecule has 0 bridgehead atoms. The Morgan fingerprint density at radius 1 is 1.39 bits per heavy atom. The summed E-state index contributed by atoms with van der Waals surface area (Å²) in [4.78, 5) is 13.5. The monoisotopic (exact) mass is 270 g/mol. The number of ether oxygens (including phenoxy) is 1. The van der Waals surface area contributed by atoms with Crippen molar-refractivity contribution in [2.75, 3.05) is 19.7 Å². The van der Waals surface area contributed by atoms with Crippen molar-refractivity contribution in [1.29, 1.82) is 0 Å². The highest BCUT2D eigenvalue weighted by Crippen LogP contribution is 2.23. The maximum Gasteiger partial charge on any atom is 0.260 e. The summed E-state index contributed by atoms with van der Waals surface area (Å²) >= 11 is 5.89. The second-order valence-corrected chi connectivity index (χ2v) is 4.25. The molecule has 0 aliphatic heterocycles. The van der Waals surface area contributed by atoms with Crippen LogP contribution >= 0.6 is 11.6 Å². The van der Waals surface area contributed by atoms with Gasteiger partial charge in [0, 0.05) is 30.2 Å². The normalized spacial score (nSPS) is 10.2. The van der Waals surface area contributed by atoms with Gasteiger partial charge in [0.05, 0.1) is 0 Å². The van der Waals surface area contributed by atoms with Crippen LogP contribution < -0.4 is 10.5 Å². The molecule has 1 amide bonds. The van der Waals surface area contributed by atoms with Gasteiger partial charge in [0.15, 0.2) is 6.61 Å². The van der Waals surface area contributed by atoms with Crippen LogP contribution in [0.25, 0.3) is 0 Å². The fourth-order valence-electron chi connectivity index (χ4n) is 1.64. The van der Waals surface area contributed by atoms with Gasteiger partial charge in [-0.3, -0.25) is 4.79 Å². The van der Waals surface area contributed by atoms with E-state index in [1.807, 2.05) is 13.8 Å². The predicted molar refractivity (Wildman–Crippen MR) is 72.8 cm³/mol. The zero-order valence-corrected chi connectivity index (χ0v) is 11.5. The van der Waals surface area contributed by atoms with Crippen LogP contribution in [0.4, 0.5) is 0 Å². The van der Waals surface area contributed by atoms with E-state index < -0.39 is 0 Å². The molecule has 5 heteroatoms. The highest BCUT2D eigenvalue weighted by molar-refractivity contribution is 6.30. The standard InChI is InChI=1S/C13H19ClN2O2/c1-3-16(4-2)13(17)9-18-12-7-11(14)6-5-10(12)8-15/h5-7H,3-4,8-9,15H2,1-2H3. The summed E-state index contributed by atoms with van der Waals surface area (Å²) in [5, 5.41) is 0.567. The Morgan fingerprint density at radius 3 is 2.61 bits per heavy atom. The Hall–Kier alpha value is -1.26. The molecule has 0 saturated heterocycles. The van der Waals surface area contributed by atoms with E-state index in [1.165, 1.54) is 0 Å². The number of carbonyl (C=O) groups is 1. The molecule has 0 fully saturated rings. The molecule has 1 rings (SSSR count). The topological polar surface area (TPSA) is 55.6 Å². The molecule has 0 aromatic heterocycles. The first-order chi connectivity index (χ1) is 8.62. The maximum atomic E-state index is 11.8. The largest absolute Gasteiger partial charge is 0.483 e. The van der Waals surface area contributed by atoms with Crippen molar-refractivity contribution in [2.24, 2.45) is 5.73 Å². The van der Waals surface area contributed by atoms with Gasteiger partial charge in [-0.25, -0.2) is 0 Å². The summed E-state index contributed by atoms with van der Waals surface area (Å²) in [6.45, 7) is 5.59. The van der Waals surface area contributed by atoms with E-state index in [2.05, 4.69) is 0 Å². The van der Waals surface area contributed by atoms with Crippen molar-refractivity contribution in [3.05, 3.63) is 28.8 Å². The number of hydrogen-bond acceptors (Lipinski definition) is 3. The fourth-order valence-corrected chi connectivity index (χ4v) is 1.80. The molecular weight excluding hydrogens is 252 g/mol. The molecule has 100 valence electrons. The number of benzene rings is 1. The molecule has 2 N–H and O–H groups in total. The van der Waals surface area contributed by atoms with E-state index in [4.69, 9.17) is 22.1 Å². The molecule has 1 aromatic carbocycles. The lowest BCUT2D eigenvalue weighted by Crippen LogP contribution is -2.34. The number of carbonyl (C=O) groups excluding carboxylic acids is 1. The summed E-state index contributed by atoms with van der Waals surface area (Å²) in [5.74, 6) is 0.536. The molecule has 0 aliphatic rings. The van der Waals surface area contributed by atoms with Crippen molar-refractivity contribution < 1.29 is 9.53 Å². The number of rotatable bonds is 6. The van der Waals surface area contributed by atoms with Gasteiger partial charge in [0.25, 0.3) is 5.91 Å². The van der Waals surface area contributed by atoms with E-state index in [1.54, 1.807) is 23.1 Å². The maximum absolute atomic E-state index is 11.8. The van der Waals surface area contributed by atoms with Crippen molar-refractivity contribution in [2.45, 2.75) is 20.4 Å². The highest BCUT2D eigenvalue weighted by atomic mass is 35.5. The SMILES string of the molecule is CCN(CC)C(=O)COc1cc(Cl)ccc1CN. The van der Waals surface area contributed by atoms with E-state index in [0.29, 0.717) is 30.4 Å². The van der Waals surface area contributed by atoms with Crippen molar-refractivity contribution in [1.82, 2.24) is 4.90 Å². The van der Waals surface area contributed by atoms with Gasteiger partial charge in [-0.1, -0.05) is 17.7 Å². The summed E-state index contributed by atoms with van der Waals surface area (Å²) in [5.41, 5.74) is 6.44. The van der Waals surface area contributed by atoms with Crippen molar-refractivity contribution in [3.8, 4) is 5.75 Å². The van der Waals surface area contributed by atoms with Crippen molar-refractivity contribution in [3.63, 3.8) is 0 Å². The number of likely N-dealkylation sites (N-methyl/N-ethyl adjacent to an activating group) is 1. The minimum Gasteiger partial charge on any atom is -0.483 e. The van der Waals surface area contributed by atoms with Crippen LogP contribution in [-0.4, -0.2) is 30.5 Å². The third-order valence-corrected chi connectivity index (χ3v) is 2.95. The molecule has 4 nitrogen and oxygen atoms in total. The average molecular weight is 271 g/mol. The third-order valence-electron chi connectivity index (χ3n) is 2.72. The summed E-state index contributed by atoms with van der Waals surface area (Å²) in [6, 6.07) is 5.24. The molecule has 0 saturated carbocycles. The van der Waals surface area contributed by atoms with E-state index >= 15 is 0 Å². The minimum atomic E-state index is -0.0389. The molecule has 1 aromatic rings. The lowest BCUT2D eigenvalue weighted by molar-refractivity contribution is -0.132. The summed E-state index contributed by atoms with van der Waals surface area (Å²) in [7, 11) is 0. The zero-order valence-electron chi connectivity index (χ0n) is 10.8. The quantitative estimate of drug-likeness (QED) is 0.861. The fraction of sp³-hybridized carbons (Fsp3) is 0.462. The number of nitrogens with two attached hydrogens (primary N) is 1. The summed E-state index contributed by atoms with van der Waals surface area (Å²) in [6.07, 6.45) is 0. The molecular formula is C13H19ClN2O2. The second-order valence-electron chi connectivity index (χ2n) is 3.81. The van der Waals surface area contributed by atoms with Crippen molar-refractivity contribution >= 4 is 17.5 Å². The van der Waals surface area contributed by atoms with Gasteiger partial charge in [-0.05, 0) is 26.0 Å². The van der Waals surface area contributed by atoms with E-state index in [9.17, 15) is 4.79 Å². The number of halogens is 1. The Kier molecular flexibility index (Phi) is 5.95. The zero-order chi connectivity index (χ0) is 13.5. The molecule has 0 heterocycles. The van der Waals surface area contributed by atoms with Crippen LogP contribution in [-0.2, 0) is 11.3 Å². The van der Waals surface area contributed by atoms with E-state index in [-0.39, 0.29) is 12.5 Å². The van der Waals surface area contributed by atoms with Gasteiger partial charge >= 0.3 is 0 Å². The molecule has 0 aliphatic carbocycles. The molecule has 18 heavy (non-hydrogen) atoms. The lowest BCUT2D eigenvalue weighted by Gasteiger charge is -2.19. The van der Waals surface area contributed by atoms with Gasteiger partial charge in [0.1, 0.15) is 5.75 Å². The lowest BCUT2D eigenvalue weighted by atomic mass is 10.2. The van der Waals surface area contributed by atoms with Crippen LogP contribution in [0, 0.1) is 0 Å². The Balaban J connectivity index is 2.68. The second kappa shape index (κ2) is 7.24. The average Bonchev–Trinajstić information content (AvgIpc) is 2.38. The first-order valence-corrected chi connectivity index (χ1v) is 6.39. The Bertz CT molecular complexity index is 406. The first kappa shape index (κ1) is 14.8. The number of hydrogen-bond donors (Lipinski definition) is 1. The van der Waals surface area contributed by atoms with Crippen LogP contribution in [0.5, 0.6) is 5.75 Å².